The summed E-state index contributed by atoms with van der Waals surface area (Å²) in [5.41, 5.74) is 1.70. The van der Waals surface area contributed by atoms with Gasteiger partial charge in [-0.25, -0.2) is 19.7 Å². The van der Waals surface area contributed by atoms with Crippen LogP contribution in [0.25, 0.3) is 11.2 Å². The second-order valence-electron chi connectivity index (χ2n) is 6.31. The van der Waals surface area contributed by atoms with Crippen LogP contribution < -0.4 is 0 Å². The zero-order valence-corrected chi connectivity index (χ0v) is 14.8. The molecule has 1 saturated heterocycles. The number of hydrogen-bond donors (Lipinski definition) is 0. The highest BCUT2D eigenvalue weighted by atomic mass is 35.5. The third-order valence-electron chi connectivity index (χ3n) is 4.45. The summed E-state index contributed by atoms with van der Waals surface area (Å²) in [6.07, 6.45) is 3.40. The maximum atomic E-state index is 12.1. The number of esters is 1. The van der Waals surface area contributed by atoms with Crippen molar-refractivity contribution in [3.8, 4) is 0 Å². The van der Waals surface area contributed by atoms with E-state index in [4.69, 9.17) is 21.1 Å². The first-order valence-corrected chi connectivity index (χ1v) is 8.72. The van der Waals surface area contributed by atoms with E-state index in [1.807, 2.05) is 10.6 Å². The van der Waals surface area contributed by atoms with Crippen LogP contribution in [0.1, 0.15) is 29.9 Å². The molecule has 134 valence electrons. The van der Waals surface area contributed by atoms with Gasteiger partial charge in [0.05, 0.1) is 18.0 Å². The van der Waals surface area contributed by atoms with Gasteiger partial charge < -0.3 is 9.47 Å². The van der Waals surface area contributed by atoms with Crippen LogP contribution >= 0.6 is 11.6 Å². The molecule has 1 aliphatic heterocycles. The molecule has 0 N–H and O–H groups in total. The first-order valence-electron chi connectivity index (χ1n) is 8.34. The number of nitrogens with zero attached hydrogens (tertiary/aromatic N) is 4. The van der Waals surface area contributed by atoms with E-state index in [2.05, 4.69) is 21.9 Å². The number of rotatable bonds is 4. The molecule has 2 aromatic heterocycles. The van der Waals surface area contributed by atoms with E-state index in [1.54, 1.807) is 30.6 Å². The molecule has 8 heteroatoms. The number of carbonyl (C=O) groups excluding carboxylic acids is 1. The number of carbonyl (C=O) groups is 1. The largest absolute Gasteiger partial charge is 0.459 e. The molecule has 7 nitrogen and oxygen atoms in total. The molecule has 0 radical (unpaired) electrons. The lowest BCUT2D eigenvalue weighted by molar-refractivity contribution is -0.0376. The van der Waals surface area contributed by atoms with Crippen LogP contribution in [0.15, 0.2) is 43.0 Å². The zero-order valence-electron chi connectivity index (χ0n) is 14.1. The van der Waals surface area contributed by atoms with Crippen molar-refractivity contribution in [1.82, 2.24) is 19.5 Å². The van der Waals surface area contributed by atoms with Crippen LogP contribution in [-0.2, 0) is 9.47 Å². The minimum absolute atomic E-state index is 0.183. The number of imidazole rings is 1. The summed E-state index contributed by atoms with van der Waals surface area (Å²) in [5, 5.41) is 0.313. The Hall–Kier alpha value is -2.51. The van der Waals surface area contributed by atoms with Gasteiger partial charge in [-0.1, -0.05) is 36.7 Å². The smallest absolute Gasteiger partial charge is 0.338 e. The van der Waals surface area contributed by atoms with Crippen LogP contribution in [-0.4, -0.2) is 38.2 Å². The second kappa shape index (κ2) is 7.01. The fraction of sp³-hybridized carbons (Fsp3) is 0.333. The Morgan fingerprint density at radius 3 is 2.92 bits per heavy atom. The van der Waals surface area contributed by atoms with Crippen LogP contribution in [0.5, 0.6) is 0 Å². The molecule has 0 amide bonds. The zero-order chi connectivity index (χ0) is 18.1. The Bertz CT molecular complexity index is 931. The van der Waals surface area contributed by atoms with Crippen molar-refractivity contribution in [2.75, 3.05) is 6.61 Å². The SMILES string of the molecule is C[C@H]1C[C@@H](COC(=O)c2ccccc2)O[C@H]1n1cnc2c(Cl)ncnc21. The van der Waals surface area contributed by atoms with Crippen LogP contribution in [0.3, 0.4) is 0 Å². The first-order chi connectivity index (χ1) is 12.6. The Kier molecular flexibility index (Phi) is 4.57. The normalized spacial score (nSPS) is 22.6. The van der Waals surface area contributed by atoms with Crippen LogP contribution in [0.2, 0.25) is 5.15 Å². The second-order valence-corrected chi connectivity index (χ2v) is 6.67. The van der Waals surface area contributed by atoms with Crippen LogP contribution in [0, 0.1) is 5.92 Å². The molecule has 1 fully saturated rings. The minimum atomic E-state index is -0.349. The topological polar surface area (TPSA) is 79.1 Å². The van der Waals surface area contributed by atoms with E-state index in [-0.39, 0.29) is 30.8 Å². The number of halogens is 1. The van der Waals surface area contributed by atoms with Crippen molar-refractivity contribution in [1.29, 1.82) is 0 Å². The molecule has 4 rings (SSSR count). The summed E-state index contributed by atoms with van der Waals surface area (Å²) >= 11 is 6.06. The van der Waals surface area contributed by atoms with Crippen molar-refractivity contribution >= 4 is 28.7 Å². The van der Waals surface area contributed by atoms with E-state index in [0.717, 1.165) is 6.42 Å². The molecule has 0 saturated carbocycles. The quantitative estimate of drug-likeness (QED) is 0.516. The lowest BCUT2D eigenvalue weighted by Crippen LogP contribution is -2.19. The summed E-state index contributed by atoms with van der Waals surface area (Å²) in [5.74, 6) is -0.139. The molecule has 3 atom stereocenters. The van der Waals surface area contributed by atoms with Gasteiger partial charge in [-0.2, -0.15) is 0 Å². The van der Waals surface area contributed by atoms with Gasteiger partial charge in [-0.15, -0.1) is 0 Å². The summed E-state index contributed by atoms with van der Waals surface area (Å²) in [6.45, 7) is 2.29. The van der Waals surface area contributed by atoms with Crippen molar-refractivity contribution < 1.29 is 14.3 Å². The van der Waals surface area contributed by atoms with Gasteiger partial charge in [0.2, 0.25) is 0 Å². The summed E-state index contributed by atoms with van der Waals surface area (Å²) in [7, 11) is 0. The predicted molar refractivity (Wildman–Crippen MR) is 94.7 cm³/mol. The monoisotopic (exact) mass is 372 g/mol. The lowest BCUT2D eigenvalue weighted by atomic mass is 10.1. The third kappa shape index (κ3) is 3.15. The lowest BCUT2D eigenvalue weighted by Gasteiger charge is -2.17. The number of fused-ring (bicyclic) bond motifs is 1. The Morgan fingerprint density at radius 2 is 2.12 bits per heavy atom. The predicted octanol–water partition coefficient (Wildman–Crippen LogP) is 3.26. The summed E-state index contributed by atoms with van der Waals surface area (Å²) in [6, 6.07) is 8.92. The van der Waals surface area contributed by atoms with Gasteiger partial charge in [0, 0.05) is 5.92 Å². The van der Waals surface area contributed by atoms with Gasteiger partial charge in [0.15, 0.2) is 10.8 Å². The summed E-state index contributed by atoms with van der Waals surface area (Å²) in [4.78, 5) is 24.6. The van der Waals surface area contributed by atoms with Gasteiger partial charge in [-0.3, -0.25) is 4.57 Å². The Balaban J connectivity index is 1.44. The number of benzene rings is 1. The van der Waals surface area contributed by atoms with Gasteiger partial charge in [0.1, 0.15) is 24.7 Å². The molecule has 0 aliphatic carbocycles. The number of hydrogen-bond acceptors (Lipinski definition) is 6. The summed E-state index contributed by atoms with van der Waals surface area (Å²) < 4.78 is 13.3. The third-order valence-corrected chi connectivity index (χ3v) is 4.73. The van der Waals surface area contributed by atoms with E-state index in [1.165, 1.54) is 6.33 Å². The molecule has 3 heterocycles. The maximum absolute atomic E-state index is 12.1. The highest BCUT2D eigenvalue weighted by molar-refractivity contribution is 6.33. The van der Waals surface area contributed by atoms with Crippen LogP contribution in [0.4, 0.5) is 0 Å². The van der Waals surface area contributed by atoms with Crippen molar-refractivity contribution in [3.05, 3.63) is 53.7 Å². The standard InChI is InChI=1S/C18H17ClN4O3/c1-11-7-13(8-25-18(24)12-5-3-2-4-6-12)26-17(11)23-10-22-14-15(19)20-9-21-16(14)23/h2-6,9-11,13,17H,7-8H2,1H3/t11-,13-,17+/m0/s1. The highest BCUT2D eigenvalue weighted by Gasteiger charge is 2.35. The van der Waals surface area contributed by atoms with E-state index in [9.17, 15) is 4.79 Å². The van der Waals surface area contributed by atoms with E-state index >= 15 is 0 Å². The van der Waals surface area contributed by atoms with Crippen molar-refractivity contribution in [3.63, 3.8) is 0 Å². The van der Waals surface area contributed by atoms with E-state index < -0.39 is 0 Å². The molecule has 1 aromatic carbocycles. The number of aromatic nitrogens is 4. The average molecular weight is 373 g/mol. The molecule has 1 aliphatic rings. The number of ether oxygens (including phenoxy) is 2. The molecule has 0 spiro atoms. The van der Waals surface area contributed by atoms with E-state index in [0.29, 0.717) is 21.9 Å². The Labute approximate surface area is 154 Å². The fourth-order valence-corrected chi connectivity index (χ4v) is 3.38. The molecular weight excluding hydrogens is 356 g/mol. The molecular formula is C18H17ClN4O3. The average Bonchev–Trinajstić information content (AvgIpc) is 3.24. The Morgan fingerprint density at radius 1 is 1.31 bits per heavy atom. The fourth-order valence-electron chi connectivity index (χ4n) is 3.20. The molecule has 0 unspecified atom stereocenters. The van der Waals surface area contributed by atoms with Gasteiger partial charge >= 0.3 is 5.97 Å². The first kappa shape index (κ1) is 16.9. The van der Waals surface area contributed by atoms with Gasteiger partial charge in [0.25, 0.3) is 0 Å². The van der Waals surface area contributed by atoms with Gasteiger partial charge in [-0.05, 0) is 18.6 Å². The molecule has 26 heavy (non-hydrogen) atoms. The van der Waals surface area contributed by atoms with Crippen molar-refractivity contribution in [2.45, 2.75) is 25.7 Å². The highest BCUT2D eigenvalue weighted by Crippen LogP contribution is 2.36. The molecule has 3 aromatic rings. The van der Waals surface area contributed by atoms with Crippen molar-refractivity contribution in [2.24, 2.45) is 5.92 Å². The minimum Gasteiger partial charge on any atom is -0.459 e. The maximum Gasteiger partial charge on any atom is 0.338 e. The molecule has 0 bridgehead atoms.